The molecule has 14 heteroatoms. The number of nitrogens with one attached hydrogen (secondary N) is 1. The molecule has 0 radical (unpaired) electrons. The summed E-state index contributed by atoms with van der Waals surface area (Å²) in [6.07, 6.45) is 2.93. The van der Waals surface area contributed by atoms with Crippen LogP contribution in [-0.2, 0) is 19.1 Å². The van der Waals surface area contributed by atoms with E-state index in [9.17, 15) is 29.3 Å². The Morgan fingerprint density at radius 3 is 2.66 bits per heavy atom. The van der Waals surface area contributed by atoms with Gasteiger partial charge in [0.25, 0.3) is 16.8 Å². The second kappa shape index (κ2) is 13.6. The van der Waals surface area contributed by atoms with Crippen molar-refractivity contribution in [3.05, 3.63) is 67.6 Å². The predicted octanol–water partition coefficient (Wildman–Crippen LogP) is 4.72. The lowest BCUT2D eigenvalue weighted by Gasteiger charge is -2.28. The standard InChI is InChI=1S/C27H27ClN4O8S/c1-2-3-10-40-26(35)19-15-18(5-6-20(19)28)29-24(33)16-31-25(34)23(41-27(31)36)14-17-4-7-21(22(13-17)32(37)38)30-8-11-39-12-9-30/h4-7,13-15H,2-3,8-12,16H2,1H3,(H,29,33)/b23-14-. The third-order valence-corrected chi connectivity index (χ3v) is 7.46. The van der Waals surface area contributed by atoms with Crippen LogP contribution in [0.5, 0.6) is 0 Å². The number of hydrogen-bond donors (Lipinski definition) is 1. The Kier molecular flexibility index (Phi) is 9.97. The second-order valence-corrected chi connectivity index (χ2v) is 10.5. The fourth-order valence-electron chi connectivity index (χ4n) is 4.13. The molecule has 2 aliphatic rings. The number of ether oxygens (including phenoxy) is 2. The van der Waals surface area contributed by atoms with Crippen LogP contribution in [0.25, 0.3) is 6.08 Å². The molecule has 1 N–H and O–H groups in total. The number of nitro benzene ring substituents is 1. The molecule has 12 nitrogen and oxygen atoms in total. The first-order chi connectivity index (χ1) is 19.7. The topological polar surface area (TPSA) is 148 Å². The summed E-state index contributed by atoms with van der Waals surface area (Å²) in [5, 5.41) is 13.8. The predicted molar refractivity (Wildman–Crippen MR) is 154 cm³/mol. The average Bonchev–Trinajstić information content (AvgIpc) is 3.21. The lowest BCUT2D eigenvalue weighted by Crippen LogP contribution is -2.36. The molecule has 2 fully saturated rings. The summed E-state index contributed by atoms with van der Waals surface area (Å²) in [6, 6.07) is 8.84. The first kappa shape index (κ1) is 30.0. The minimum Gasteiger partial charge on any atom is -0.462 e. The zero-order valence-corrected chi connectivity index (χ0v) is 23.7. The van der Waals surface area contributed by atoms with E-state index >= 15 is 0 Å². The summed E-state index contributed by atoms with van der Waals surface area (Å²) < 4.78 is 10.5. The molecule has 0 spiro atoms. The Morgan fingerprint density at radius 2 is 1.95 bits per heavy atom. The van der Waals surface area contributed by atoms with Gasteiger partial charge >= 0.3 is 5.97 Å². The highest BCUT2D eigenvalue weighted by Gasteiger charge is 2.36. The number of carbonyl (C=O) groups excluding carboxylic acids is 4. The van der Waals surface area contributed by atoms with Gasteiger partial charge in [-0.3, -0.25) is 29.4 Å². The van der Waals surface area contributed by atoms with E-state index < -0.39 is 34.5 Å². The number of morpholine rings is 1. The smallest absolute Gasteiger partial charge is 0.339 e. The summed E-state index contributed by atoms with van der Waals surface area (Å²) in [7, 11) is 0. The van der Waals surface area contributed by atoms with E-state index in [0.29, 0.717) is 55.7 Å². The van der Waals surface area contributed by atoms with E-state index in [2.05, 4.69) is 5.32 Å². The Labute approximate surface area is 244 Å². The number of nitro groups is 1. The molecule has 2 saturated heterocycles. The summed E-state index contributed by atoms with van der Waals surface area (Å²) in [5.74, 6) is -2.01. The Balaban J connectivity index is 1.44. The second-order valence-electron chi connectivity index (χ2n) is 9.10. The monoisotopic (exact) mass is 602 g/mol. The van der Waals surface area contributed by atoms with Crippen LogP contribution in [0.3, 0.4) is 0 Å². The van der Waals surface area contributed by atoms with Gasteiger partial charge in [-0.2, -0.15) is 0 Å². The molecule has 0 unspecified atom stereocenters. The van der Waals surface area contributed by atoms with Crippen molar-refractivity contribution in [3.63, 3.8) is 0 Å². The van der Waals surface area contributed by atoms with Crippen molar-refractivity contribution >= 4 is 69.5 Å². The van der Waals surface area contributed by atoms with Gasteiger partial charge in [0.2, 0.25) is 5.91 Å². The SMILES string of the molecule is CCCCOC(=O)c1cc(NC(=O)CN2C(=O)S/C(=C\c3ccc(N4CCOCC4)c([N+](=O)[O-])c3)C2=O)ccc1Cl. The van der Waals surface area contributed by atoms with Crippen molar-refractivity contribution in [1.29, 1.82) is 0 Å². The highest BCUT2D eigenvalue weighted by atomic mass is 35.5. The normalized spacial score (nSPS) is 16.3. The van der Waals surface area contributed by atoms with Crippen molar-refractivity contribution in [2.75, 3.05) is 49.7 Å². The maximum atomic E-state index is 13.0. The number of hydrogen-bond acceptors (Lipinski definition) is 10. The number of anilines is 2. The summed E-state index contributed by atoms with van der Waals surface area (Å²) in [6.45, 7) is 3.58. The molecule has 0 saturated carbocycles. The molecule has 2 aromatic rings. The summed E-state index contributed by atoms with van der Waals surface area (Å²) in [4.78, 5) is 64.4. The quantitative estimate of drug-likeness (QED) is 0.133. The van der Waals surface area contributed by atoms with Crippen LogP contribution < -0.4 is 10.2 Å². The van der Waals surface area contributed by atoms with Crippen molar-refractivity contribution in [2.24, 2.45) is 0 Å². The molecule has 2 aromatic carbocycles. The molecule has 0 atom stereocenters. The number of nitrogens with zero attached hydrogens (tertiary/aromatic N) is 3. The van der Waals surface area contributed by atoms with Crippen molar-refractivity contribution < 1.29 is 33.6 Å². The first-order valence-corrected chi connectivity index (χ1v) is 14.0. The van der Waals surface area contributed by atoms with Crippen molar-refractivity contribution in [2.45, 2.75) is 19.8 Å². The molecule has 41 heavy (non-hydrogen) atoms. The maximum Gasteiger partial charge on any atom is 0.339 e. The molecule has 216 valence electrons. The Hall–Kier alpha value is -3.94. The lowest BCUT2D eigenvalue weighted by molar-refractivity contribution is -0.384. The van der Waals surface area contributed by atoms with Gasteiger partial charge in [0.15, 0.2) is 0 Å². The fourth-order valence-corrected chi connectivity index (χ4v) is 5.16. The molecule has 0 aromatic heterocycles. The number of thioether (sulfide) groups is 1. The number of rotatable bonds is 10. The van der Waals surface area contributed by atoms with Crippen LogP contribution in [0.15, 0.2) is 41.3 Å². The minimum atomic E-state index is -0.702. The van der Waals surface area contributed by atoms with Gasteiger partial charge in [0, 0.05) is 24.8 Å². The molecule has 0 aliphatic carbocycles. The zero-order chi connectivity index (χ0) is 29.5. The van der Waals surface area contributed by atoms with E-state index in [0.717, 1.165) is 11.3 Å². The number of esters is 1. The van der Waals surface area contributed by atoms with E-state index in [1.165, 1.54) is 30.3 Å². The van der Waals surface area contributed by atoms with Crippen LogP contribution in [0.1, 0.15) is 35.7 Å². The molecule has 4 rings (SSSR count). The van der Waals surface area contributed by atoms with E-state index in [-0.39, 0.29) is 33.5 Å². The first-order valence-electron chi connectivity index (χ1n) is 12.8. The van der Waals surface area contributed by atoms with E-state index in [4.69, 9.17) is 21.1 Å². The maximum absolute atomic E-state index is 13.0. The average molecular weight is 603 g/mol. The van der Waals surface area contributed by atoms with Gasteiger partial charge in [0.05, 0.1) is 40.2 Å². The number of imide groups is 1. The molecular formula is C27H27ClN4O8S. The van der Waals surface area contributed by atoms with Crippen molar-refractivity contribution in [1.82, 2.24) is 4.90 Å². The third kappa shape index (κ3) is 7.43. The van der Waals surface area contributed by atoms with Gasteiger partial charge < -0.3 is 19.7 Å². The van der Waals surface area contributed by atoms with Gasteiger partial charge in [-0.05, 0) is 54.1 Å². The number of carbonyl (C=O) groups is 4. The number of amides is 3. The Bertz CT molecular complexity index is 1410. The largest absolute Gasteiger partial charge is 0.462 e. The summed E-state index contributed by atoms with van der Waals surface area (Å²) >= 11 is 6.74. The van der Waals surface area contributed by atoms with E-state index in [1.54, 1.807) is 12.1 Å². The van der Waals surface area contributed by atoms with Crippen molar-refractivity contribution in [3.8, 4) is 0 Å². The van der Waals surface area contributed by atoms with Crippen LogP contribution in [0, 0.1) is 10.1 Å². The molecule has 2 heterocycles. The van der Waals surface area contributed by atoms with E-state index in [1.807, 2.05) is 11.8 Å². The zero-order valence-electron chi connectivity index (χ0n) is 22.1. The highest BCUT2D eigenvalue weighted by molar-refractivity contribution is 8.18. The Morgan fingerprint density at radius 1 is 1.20 bits per heavy atom. The minimum absolute atomic E-state index is 0.0276. The fraction of sp³-hybridized carbons (Fsp3) is 0.333. The van der Waals surface area contributed by atoms with Gasteiger partial charge in [-0.25, -0.2) is 4.79 Å². The highest BCUT2D eigenvalue weighted by Crippen LogP contribution is 2.35. The van der Waals surface area contributed by atoms with Gasteiger partial charge in [-0.1, -0.05) is 31.0 Å². The summed E-state index contributed by atoms with van der Waals surface area (Å²) in [5.41, 5.74) is 0.985. The number of benzene rings is 2. The van der Waals surface area contributed by atoms with Crippen LogP contribution in [0.4, 0.5) is 21.9 Å². The van der Waals surface area contributed by atoms with Crippen LogP contribution >= 0.6 is 23.4 Å². The van der Waals surface area contributed by atoms with Gasteiger partial charge in [-0.15, -0.1) is 0 Å². The third-order valence-electron chi connectivity index (χ3n) is 6.22. The lowest BCUT2D eigenvalue weighted by atomic mass is 10.1. The molecule has 3 amide bonds. The molecule has 2 aliphatic heterocycles. The van der Waals surface area contributed by atoms with Gasteiger partial charge in [0.1, 0.15) is 12.2 Å². The van der Waals surface area contributed by atoms with Crippen LogP contribution in [-0.4, -0.2) is 72.3 Å². The number of unbranched alkanes of at least 4 members (excludes halogenated alkanes) is 1. The molecule has 0 bridgehead atoms. The number of halogens is 1. The molecular weight excluding hydrogens is 576 g/mol. The van der Waals surface area contributed by atoms with Crippen LogP contribution in [0.2, 0.25) is 5.02 Å².